The summed E-state index contributed by atoms with van der Waals surface area (Å²) in [5, 5.41) is 2.76. The third kappa shape index (κ3) is 4.43. The van der Waals surface area contributed by atoms with Gasteiger partial charge in [0.15, 0.2) is 6.10 Å². The first-order valence-corrected chi connectivity index (χ1v) is 9.54. The Morgan fingerprint density at radius 3 is 2.76 bits per heavy atom. The number of esters is 1. The minimum absolute atomic E-state index is 0.191. The van der Waals surface area contributed by atoms with Crippen molar-refractivity contribution < 1.29 is 14.3 Å². The lowest BCUT2D eigenvalue weighted by Gasteiger charge is -2.20. The first-order chi connectivity index (χ1) is 12.0. The largest absolute Gasteiger partial charge is 0.452 e. The van der Waals surface area contributed by atoms with Crippen LogP contribution in [0.3, 0.4) is 0 Å². The van der Waals surface area contributed by atoms with E-state index in [9.17, 15) is 9.59 Å². The summed E-state index contributed by atoms with van der Waals surface area (Å²) >= 11 is 3.05. The topological polar surface area (TPSA) is 59.5 Å². The van der Waals surface area contributed by atoms with Crippen molar-refractivity contribution in [3.05, 3.63) is 51.7 Å². The Balaban J connectivity index is 1.56. The predicted molar refractivity (Wildman–Crippen MR) is 99.7 cm³/mol. The standard InChI is InChI=1S/C18H18N2O3S2/c1-12(23-17(21)10-13-6-5-9-24-13)18(22)20(2)11-16-19-14-7-3-4-8-15(14)25-16/h3-9,12H,10-11H2,1-2H3/t12-/m0/s1. The molecule has 0 aliphatic rings. The van der Waals surface area contributed by atoms with Gasteiger partial charge >= 0.3 is 5.97 Å². The summed E-state index contributed by atoms with van der Waals surface area (Å²) in [4.78, 5) is 31.3. The summed E-state index contributed by atoms with van der Waals surface area (Å²) in [6, 6.07) is 11.6. The minimum Gasteiger partial charge on any atom is -0.452 e. The van der Waals surface area contributed by atoms with Gasteiger partial charge in [-0.2, -0.15) is 0 Å². The quantitative estimate of drug-likeness (QED) is 0.620. The van der Waals surface area contributed by atoms with Crippen molar-refractivity contribution in [2.75, 3.05) is 7.05 Å². The first kappa shape index (κ1) is 17.6. The molecule has 2 aromatic heterocycles. The molecule has 1 aromatic carbocycles. The Kier molecular flexibility index (Phi) is 5.45. The number of thiophene rings is 1. The number of thiazole rings is 1. The molecule has 0 saturated carbocycles. The van der Waals surface area contributed by atoms with E-state index in [0.717, 1.165) is 20.1 Å². The lowest BCUT2D eigenvalue weighted by Crippen LogP contribution is -2.37. The van der Waals surface area contributed by atoms with Crippen molar-refractivity contribution in [2.24, 2.45) is 0 Å². The highest BCUT2D eigenvalue weighted by Gasteiger charge is 2.22. The number of rotatable bonds is 6. The SMILES string of the molecule is C[C@H](OC(=O)Cc1cccs1)C(=O)N(C)Cc1nc2ccccc2s1. The number of carbonyl (C=O) groups is 2. The number of ether oxygens (including phenoxy) is 1. The summed E-state index contributed by atoms with van der Waals surface area (Å²) in [6.07, 6.45) is -0.622. The number of benzene rings is 1. The Morgan fingerprint density at radius 1 is 1.24 bits per heavy atom. The lowest BCUT2D eigenvalue weighted by molar-refractivity contribution is -0.158. The molecule has 0 radical (unpaired) electrons. The van der Waals surface area contributed by atoms with Gasteiger partial charge in [0.05, 0.1) is 23.2 Å². The lowest BCUT2D eigenvalue weighted by atomic mass is 10.3. The Hall–Kier alpha value is -2.25. The van der Waals surface area contributed by atoms with E-state index >= 15 is 0 Å². The van der Waals surface area contributed by atoms with Crippen molar-refractivity contribution in [3.8, 4) is 0 Å². The van der Waals surface area contributed by atoms with Crippen molar-refractivity contribution in [3.63, 3.8) is 0 Å². The smallest absolute Gasteiger partial charge is 0.311 e. The monoisotopic (exact) mass is 374 g/mol. The Morgan fingerprint density at radius 2 is 2.04 bits per heavy atom. The minimum atomic E-state index is -0.813. The van der Waals surface area contributed by atoms with E-state index in [2.05, 4.69) is 4.98 Å². The van der Waals surface area contributed by atoms with E-state index in [1.165, 1.54) is 11.3 Å². The number of nitrogens with zero attached hydrogens (tertiary/aromatic N) is 2. The number of hydrogen-bond acceptors (Lipinski definition) is 6. The molecule has 3 rings (SSSR count). The second-order valence-electron chi connectivity index (χ2n) is 5.66. The van der Waals surface area contributed by atoms with E-state index < -0.39 is 12.1 Å². The van der Waals surface area contributed by atoms with E-state index in [1.54, 1.807) is 30.2 Å². The molecule has 1 atom stereocenters. The number of fused-ring (bicyclic) bond motifs is 1. The maximum absolute atomic E-state index is 12.4. The zero-order valence-electron chi connectivity index (χ0n) is 14.0. The van der Waals surface area contributed by atoms with Crippen LogP contribution >= 0.6 is 22.7 Å². The van der Waals surface area contributed by atoms with Gasteiger partial charge in [-0.15, -0.1) is 22.7 Å². The Bertz CT molecular complexity index is 840. The number of hydrogen-bond donors (Lipinski definition) is 0. The van der Waals surface area contributed by atoms with Crippen LogP contribution in [0.2, 0.25) is 0 Å². The van der Waals surface area contributed by atoms with Crippen LogP contribution < -0.4 is 0 Å². The fourth-order valence-corrected chi connectivity index (χ4v) is 4.13. The molecule has 1 amide bonds. The van der Waals surface area contributed by atoms with Gasteiger partial charge in [0.2, 0.25) is 0 Å². The summed E-state index contributed by atoms with van der Waals surface area (Å²) in [5.41, 5.74) is 0.929. The molecule has 0 bridgehead atoms. The second-order valence-corrected chi connectivity index (χ2v) is 7.81. The highest BCUT2D eigenvalue weighted by Crippen LogP contribution is 2.22. The molecule has 0 aliphatic heterocycles. The fourth-order valence-electron chi connectivity index (χ4n) is 2.42. The number of aromatic nitrogens is 1. The first-order valence-electron chi connectivity index (χ1n) is 7.84. The van der Waals surface area contributed by atoms with Gasteiger partial charge in [0, 0.05) is 11.9 Å². The van der Waals surface area contributed by atoms with Crippen LogP contribution in [0.1, 0.15) is 16.8 Å². The molecule has 3 aromatic rings. The molecule has 0 saturated heterocycles. The van der Waals surface area contributed by atoms with Crippen LogP contribution in [-0.2, 0) is 27.3 Å². The molecule has 0 spiro atoms. The van der Waals surface area contributed by atoms with Crippen molar-refractivity contribution in [1.82, 2.24) is 9.88 Å². The zero-order chi connectivity index (χ0) is 17.8. The molecule has 0 aliphatic carbocycles. The van der Waals surface area contributed by atoms with Crippen molar-refractivity contribution in [2.45, 2.75) is 26.0 Å². The van der Waals surface area contributed by atoms with E-state index in [1.807, 2.05) is 41.8 Å². The average Bonchev–Trinajstić information content (AvgIpc) is 3.22. The van der Waals surface area contributed by atoms with Crippen LogP contribution in [0.15, 0.2) is 41.8 Å². The van der Waals surface area contributed by atoms with Crippen LogP contribution in [-0.4, -0.2) is 34.9 Å². The van der Waals surface area contributed by atoms with Gasteiger partial charge in [-0.25, -0.2) is 4.98 Å². The highest BCUT2D eigenvalue weighted by molar-refractivity contribution is 7.18. The predicted octanol–water partition coefficient (Wildman–Crippen LogP) is 3.49. The molecule has 7 heteroatoms. The van der Waals surface area contributed by atoms with Gasteiger partial charge in [-0.3, -0.25) is 9.59 Å². The van der Waals surface area contributed by atoms with Gasteiger partial charge in [-0.1, -0.05) is 18.2 Å². The van der Waals surface area contributed by atoms with E-state index in [4.69, 9.17) is 4.74 Å². The Labute approximate surface area is 153 Å². The maximum atomic E-state index is 12.4. The van der Waals surface area contributed by atoms with Gasteiger partial charge in [0.25, 0.3) is 5.91 Å². The van der Waals surface area contributed by atoms with Crippen LogP contribution in [0, 0.1) is 0 Å². The normalized spacial score (nSPS) is 12.1. The summed E-state index contributed by atoms with van der Waals surface area (Å²) < 4.78 is 6.35. The average molecular weight is 374 g/mol. The van der Waals surface area contributed by atoms with Crippen LogP contribution in [0.25, 0.3) is 10.2 Å². The fraction of sp³-hybridized carbons (Fsp3) is 0.278. The van der Waals surface area contributed by atoms with Crippen molar-refractivity contribution in [1.29, 1.82) is 0 Å². The third-order valence-corrected chi connectivity index (χ3v) is 5.54. The summed E-state index contributed by atoms with van der Waals surface area (Å²) in [6.45, 7) is 1.99. The van der Waals surface area contributed by atoms with Crippen LogP contribution in [0.5, 0.6) is 0 Å². The number of para-hydroxylation sites is 1. The molecule has 25 heavy (non-hydrogen) atoms. The van der Waals surface area contributed by atoms with E-state index in [-0.39, 0.29) is 12.3 Å². The number of carbonyl (C=O) groups excluding carboxylic acids is 2. The molecule has 5 nitrogen and oxygen atoms in total. The molecule has 2 heterocycles. The summed E-state index contributed by atoms with van der Waals surface area (Å²) in [5.74, 6) is -0.629. The number of likely N-dealkylation sites (N-methyl/N-ethyl adjacent to an activating group) is 1. The highest BCUT2D eigenvalue weighted by atomic mass is 32.1. The zero-order valence-corrected chi connectivity index (χ0v) is 15.6. The molecule has 130 valence electrons. The summed E-state index contributed by atoms with van der Waals surface area (Å²) in [7, 11) is 1.69. The van der Waals surface area contributed by atoms with E-state index in [0.29, 0.717) is 6.54 Å². The van der Waals surface area contributed by atoms with Gasteiger partial charge < -0.3 is 9.64 Å². The van der Waals surface area contributed by atoms with Crippen molar-refractivity contribution >= 4 is 44.8 Å². The molecule has 0 N–H and O–H groups in total. The molecular formula is C18H18N2O3S2. The van der Waals surface area contributed by atoms with Gasteiger partial charge in [-0.05, 0) is 30.5 Å². The van der Waals surface area contributed by atoms with Gasteiger partial charge in [0.1, 0.15) is 5.01 Å². The van der Waals surface area contributed by atoms with Crippen LogP contribution in [0.4, 0.5) is 0 Å². The maximum Gasteiger partial charge on any atom is 0.311 e. The number of amides is 1. The second kappa shape index (κ2) is 7.76. The molecule has 0 unspecified atom stereocenters. The molecule has 0 fully saturated rings. The third-order valence-electron chi connectivity index (χ3n) is 3.64. The molecular weight excluding hydrogens is 356 g/mol.